The molecule has 0 amide bonds. The van der Waals surface area contributed by atoms with Gasteiger partial charge in [0.25, 0.3) is 10.0 Å². The maximum atomic E-state index is 12.4. The zero-order valence-electron chi connectivity index (χ0n) is 13.7. The van der Waals surface area contributed by atoms with Gasteiger partial charge in [0.1, 0.15) is 5.76 Å². The Morgan fingerprint density at radius 2 is 1.54 bits per heavy atom. The summed E-state index contributed by atoms with van der Waals surface area (Å²) in [5.41, 5.74) is 4.45. The van der Waals surface area contributed by atoms with Crippen LogP contribution in [0.15, 0.2) is 57.9 Å². The van der Waals surface area contributed by atoms with Gasteiger partial charge in [0.05, 0.1) is 4.90 Å². The van der Waals surface area contributed by atoms with E-state index in [-0.39, 0.29) is 10.7 Å². The quantitative estimate of drug-likeness (QED) is 0.776. The molecule has 1 heterocycles. The molecular formula is C18H18N2O3S. The zero-order valence-corrected chi connectivity index (χ0v) is 14.5. The third-order valence-corrected chi connectivity index (χ3v) is 5.24. The number of hydrogen-bond donors (Lipinski definition) is 1. The fourth-order valence-corrected chi connectivity index (χ4v) is 3.34. The third kappa shape index (κ3) is 3.33. The first-order chi connectivity index (χ1) is 11.3. The molecule has 2 aromatic carbocycles. The number of rotatable bonds is 4. The highest BCUT2D eigenvalue weighted by Gasteiger charge is 2.16. The van der Waals surface area contributed by atoms with Crippen molar-refractivity contribution in [1.82, 2.24) is 5.16 Å². The van der Waals surface area contributed by atoms with Crippen molar-refractivity contribution < 1.29 is 12.9 Å². The van der Waals surface area contributed by atoms with E-state index in [1.165, 1.54) is 17.2 Å². The molecule has 0 aliphatic rings. The molecule has 0 atom stereocenters. The Hall–Kier alpha value is -2.60. The maximum Gasteiger partial charge on any atom is 0.263 e. The Balaban J connectivity index is 1.86. The summed E-state index contributed by atoms with van der Waals surface area (Å²) in [6.07, 6.45) is 0. The summed E-state index contributed by atoms with van der Waals surface area (Å²) in [4.78, 5) is 0.177. The normalized spacial score (nSPS) is 11.5. The van der Waals surface area contributed by atoms with Crippen molar-refractivity contribution in [3.63, 3.8) is 0 Å². The Bertz CT molecular complexity index is 974. The molecular weight excluding hydrogens is 324 g/mol. The van der Waals surface area contributed by atoms with Crippen LogP contribution in [-0.4, -0.2) is 13.6 Å². The van der Waals surface area contributed by atoms with Crippen molar-refractivity contribution in [2.75, 3.05) is 4.72 Å². The number of hydrogen-bond acceptors (Lipinski definition) is 4. The summed E-state index contributed by atoms with van der Waals surface area (Å²) < 4.78 is 32.0. The lowest BCUT2D eigenvalue weighted by molar-refractivity contribution is 0.400. The van der Waals surface area contributed by atoms with Crippen molar-refractivity contribution in [2.45, 2.75) is 25.7 Å². The Morgan fingerprint density at radius 3 is 2.12 bits per heavy atom. The van der Waals surface area contributed by atoms with E-state index in [0.717, 1.165) is 11.1 Å². The number of aromatic nitrogens is 1. The van der Waals surface area contributed by atoms with Gasteiger partial charge in [-0.1, -0.05) is 35.5 Å². The highest BCUT2D eigenvalue weighted by Crippen LogP contribution is 2.24. The van der Waals surface area contributed by atoms with Gasteiger partial charge >= 0.3 is 0 Å². The average molecular weight is 342 g/mol. The summed E-state index contributed by atoms with van der Waals surface area (Å²) in [6, 6.07) is 14.5. The molecule has 24 heavy (non-hydrogen) atoms. The second-order valence-electron chi connectivity index (χ2n) is 5.75. The topological polar surface area (TPSA) is 72.2 Å². The van der Waals surface area contributed by atoms with Crippen LogP contribution in [0, 0.1) is 20.8 Å². The van der Waals surface area contributed by atoms with Crippen molar-refractivity contribution in [3.05, 3.63) is 65.4 Å². The van der Waals surface area contributed by atoms with E-state index in [1.54, 1.807) is 31.2 Å². The van der Waals surface area contributed by atoms with Crippen LogP contribution in [-0.2, 0) is 10.0 Å². The largest absolute Gasteiger partial charge is 0.360 e. The molecule has 1 aromatic heterocycles. The molecule has 0 aliphatic heterocycles. The van der Waals surface area contributed by atoms with Gasteiger partial charge in [-0.25, -0.2) is 8.42 Å². The SMILES string of the molecule is Cc1cc(NS(=O)(=O)c2ccc(-c3ccc(C)c(C)c3)cc2)no1. The number of anilines is 1. The Labute approximate surface area is 141 Å². The lowest BCUT2D eigenvalue weighted by atomic mass is 10.0. The molecule has 124 valence electrons. The number of nitrogens with zero attached hydrogens (tertiary/aromatic N) is 1. The molecule has 5 nitrogen and oxygen atoms in total. The molecule has 3 aromatic rings. The van der Waals surface area contributed by atoms with Crippen molar-refractivity contribution >= 4 is 15.8 Å². The second-order valence-corrected chi connectivity index (χ2v) is 7.43. The number of sulfonamides is 1. The van der Waals surface area contributed by atoms with Crippen LogP contribution in [0.1, 0.15) is 16.9 Å². The average Bonchev–Trinajstić information content (AvgIpc) is 2.94. The van der Waals surface area contributed by atoms with E-state index in [4.69, 9.17) is 4.52 Å². The summed E-state index contributed by atoms with van der Waals surface area (Å²) in [7, 11) is -3.69. The number of aryl methyl sites for hydroxylation is 3. The molecule has 0 saturated carbocycles. The predicted molar refractivity (Wildman–Crippen MR) is 93.4 cm³/mol. The van der Waals surface area contributed by atoms with Gasteiger partial charge in [0.2, 0.25) is 0 Å². The summed E-state index contributed by atoms with van der Waals surface area (Å²) >= 11 is 0. The first-order valence-corrected chi connectivity index (χ1v) is 8.97. The minimum atomic E-state index is -3.69. The van der Waals surface area contributed by atoms with Crippen molar-refractivity contribution in [3.8, 4) is 11.1 Å². The van der Waals surface area contributed by atoms with Crippen molar-refractivity contribution in [1.29, 1.82) is 0 Å². The molecule has 1 N–H and O–H groups in total. The summed E-state index contributed by atoms with van der Waals surface area (Å²) in [5.74, 6) is 0.712. The Morgan fingerprint density at radius 1 is 0.875 bits per heavy atom. The van der Waals surface area contributed by atoms with Gasteiger partial charge in [-0.05, 0) is 55.2 Å². The van der Waals surface area contributed by atoms with Crippen molar-refractivity contribution in [2.24, 2.45) is 0 Å². The zero-order chi connectivity index (χ0) is 17.3. The first-order valence-electron chi connectivity index (χ1n) is 7.49. The van der Waals surface area contributed by atoms with Gasteiger partial charge < -0.3 is 4.52 Å². The van der Waals surface area contributed by atoms with E-state index in [2.05, 4.69) is 35.9 Å². The molecule has 0 aliphatic carbocycles. The number of benzene rings is 2. The minimum Gasteiger partial charge on any atom is -0.360 e. The molecule has 0 radical (unpaired) electrons. The van der Waals surface area contributed by atoms with Gasteiger partial charge in [0.15, 0.2) is 5.82 Å². The molecule has 0 bridgehead atoms. The van der Waals surface area contributed by atoms with Crippen LogP contribution in [0.2, 0.25) is 0 Å². The van der Waals surface area contributed by atoms with Gasteiger partial charge in [0, 0.05) is 6.07 Å². The van der Waals surface area contributed by atoms with Crippen LogP contribution < -0.4 is 4.72 Å². The summed E-state index contributed by atoms with van der Waals surface area (Å²) in [6.45, 7) is 5.82. The van der Waals surface area contributed by atoms with Crippen LogP contribution in [0.4, 0.5) is 5.82 Å². The third-order valence-electron chi connectivity index (χ3n) is 3.87. The van der Waals surface area contributed by atoms with E-state index in [1.807, 2.05) is 6.07 Å². The van der Waals surface area contributed by atoms with Crippen LogP contribution in [0.25, 0.3) is 11.1 Å². The van der Waals surface area contributed by atoms with E-state index in [0.29, 0.717) is 5.76 Å². The van der Waals surface area contributed by atoms with E-state index in [9.17, 15) is 8.42 Å². The number of nitrogens with one attached hydrogen (secondary N) is 1. The highest BCUT2D eigenvalue weighted by atomic mass is 32.2. The van der Waals surface area contributed by atoms with E-state index < -0.39 is 10.0 Å². The standard InChI is InChI=1S/C18H18N2O3S/c1-12-4-5-16(10-13(12)2)15-6-8-17(9-7-15)24(21,22)20-18-11-14(3)23-19-18/h4-11H,1-3H3,(H,19,20). The van der Waals surface area contributed by atoms with Crippen LogP contribution >= 0.6 is 0 Å². The second kappa shape index (κ2) is 6.13. The maximum absolute atomic E-state index is 12.4. The molecule has 3 rings (SSSR count). The molecule has 6 heteroatoms. The fraction of sp³-hybridized carbons (Fsp3) is 0.167. The fourth-order valence-electron chi connectivity index (χ4n) is 2.36. The highest BCUT2D eigenvalue weighted by molar-refractivity contribution is 7.92. The smallest absolute Gasteiger partial charge is 0.263 e. The lowest BCUT2D eigenvalue weighted by Gasteiger charge is -2.08. The van der Waals surface area contributed by atoms with Crippen LogP contribution in [0.5, 0.6) is 0 Å². The molecule has 0 spiro atoms. The van der Waals surface area contributed by atoms with E-state index >= 15 is 0 Å². The van der Waals surface area contributed by atoms with Crippen LogP contribution in [0.3, 0.4) is 0 Å². The monoisotopic (exact) mass is 342 g/mol. The molecule has 0 fully saturated rings. The minimum absolute atomic E-state index is 0.172. The predicted octanol–water partition coefficient (Wildman–Crippen LogP) is 4.07. The molecule has 0 unspecified atom stereocenters. The summed E-state index contributed by atoms with van der Waals surface area (Å²) in [5, 5.41) is 3.64. The lowest BCUT2D eigenvalue weighted by Crippen LogP contribution is -2.13. The van der Waals surface area contributed by atoms with Gasteiger partial charge in [-0.3, -0.25) is 4.72 Å². The molecule has 0 saturated heterocycles. The Kier molecular flexibility index (Phi) is 4.15. The van der Waals surface area contributed by atoms with Gasteiger partial charge in [-0.2, -0.15) is 0 Å². The first kappa shape index (κ1) is 16.3. The van der Waals surface area contributed by atoms with Gasteiger partial charge in [-0.15, -0.1) is 0 Å².